The second-order valence-corrected chi connectivity index (χ2v) is 7.87. The van der Waals surface area contributed by atoms with E-state index in [0.29, 0.717) is 44.0 Å². The SMILES string of the molecule is COc1ccc(CCN2CC(C(=O)OCC(=O)NCCc3ccccc3)CC2=O)cc1OC. The van der Waals surface area contributed by atoms with Gasteiger partial charge in [0.15, 0.2) is 18.1 Å². The molecule has 0 radical (unpaired) electrons. The fraction of sp³-hybridized carbons (Fsp3) is 0.400. The zero-order valence-electron chi connectivity index (χ0n) is 19.0. The summed E-state index contributed by atoms with van der Waals surface area (Å²) < 4.78 is 15.7. The average molecular weight is 455 g/mol. The second-order valence-electron chi connectivity index (χ2n) is 7.87. The number of amides is 2. The van der Waals surface area contributed by atoms with Crippen molar-refractivity contribution in [3.8, 4) is 11.5 Å². The lowest BCUT2D eigenvalue weighted by molar-refractivity contribution is -0.152. The molecular formula is C25H30N2O6. The lowest BCUT2D eigenvalue weighted by Crippen LogP contribution is -2.32. The van der Waals surface area contributed by atoms with Gasteiger partial charge in [-0.25, -0.2) is 0 Å². The standard InChI is InChI=1S/C25H30N2O6/c1-31-21-9-8-19(14-22(21)32-2)11-13-27-16-20(15-24(27)29)25(30)33-17-23(28)26-12-10-18-6-4-3-5-7-18/h3-9,14,20H,10-13,15-17H2,1-2H3,(H,26,28). The van der Waals surface area contributed by atoms with Crippen LogP contribution in [0.5, 0.6) is 11.5 Å². The molecule has 1 heterocycles. The number of hydrogen-bond acceptors (Lipinski definition) is 6. The van der Waals surface area contributed by atoms with Crippen molar-refractivity contribution < 1.29 is 28.6 Å². The smallest absolute Gasteiger partial charge is 0.311 e. The Labute approximate surface area is 193 Å². The van der Waals surface area contributed by atoms with E-state index in [9.17, 15) is 14.4 Å². The Morgan fingerprint density at radius 3 is 2.48 bits per heavy atom. The van der Waals surface area contributed by atoms with Gasteiger partial charge in [-0.1, -0.05) is 36.4 Å². The second kappa shape index (κ2) is 11.9. The van der Waals surface area contributed by atoms with Crippen molar-refractivity contribution in [3.05, 3.63) is 59.7 Å². The van der Waals surface area contributed by atoms with E-state index in [-0.39, 0.29) is 24.8 Å². The van der Waals surface area contributed by atoms with E-state index >= 15 is 0 Å². The number of esters is 1. The van der Waals surface area contributed by atoms with Crippen molar-refractivity contribution in [1.29, 1.82) is 0 Å². The fourth-order valence-electron chi connectivity index (χ4n) is 3.74. The van der Waals surface area contributed by atoms with Gasteiger partial charge in [-0.3, -0.25) is 14.4 Å². The van der Waals surface area contributed by atoms with Gasteiger partial charge in [-0.15, -0.1) is 0 Å². The molecule has 8 nitrogen and oxygen atoms in total. The first-order chi connectivity index (χ1) is 16.0. The number of benzene rings is 2. The molecule has 0 aliphatic carbocycles. The number of ether oxygens (including phenoxy) is 3. The van der Waals surface area contributed by atoms with Crippen molar-refractivity contribution in [2.45, 2.75) is 19.3 Å². The van der Waals surface area contributed by atoms with Crippen molar-refractivity contribution in [2.24, 2.45) is 5.92 Å². The zero-order valence-corrected chi connectivity index (χ0v) is 19.0. The third kappa shape index (κ3) is 6.97. The monoisotopic (exact) mass is 454 g/mol. The van der Waals surface area contributed by atoms with Crippen LogP contribution in [0.4, 0.5) is 0 Å². The fourth-order valence-corrected chi connectivity index (χ4v) is 3.74. The van der Waals surface area contributed by atoms with Crippen LogP contribution in [0.2, 0.25) is 0 Å². The van der Waals surface area contributed by atoms with Crippen LogP contribution in [0.25, 0.3) is 0 Å². The third-order valence-corrected chi connectivity index (χ3v) is 5.59. The molecule has 2 aromatic carbocycles. The van der Waals surface area contributed by atoms with Gasteiger partial charge >= 0.3 is 5.97 Å². The van der Waals surface area contributed by atoms with E-state index in [1.54, 1.807) is 19.1 Å². The minimum absolute atomic E-state index is 0.0928. The van der Waals surface area contributed by atoms with Gasteiger partial charge in [-0.05, 0) is 36.1 Å². The summed E-state index contributed by atoms with van der Waals surface area (Å²) in [5.41, 5.74) is 2.12. The molecule has 1 N–H and O–H groups in total. The molecule has 3 rings (SSSR count). The number of rotatable bonds is 11. The molecule has 0 saturated carbocycles. The van der Waals surface area contributed by atoms with E-state index in [1.165, 1.54) is 0 Å². The first-order valence-corrected chi connectivity index (χ1v) is 11.0. The Morgan fingerprint density at radius 2 is 1.76 bits per heavy atom. The molecule has 0 bridgehead atoms. The molecule has 1 unspecified atom stereocenters. The first-order valence-electron chi connectivity index (χ1n) is 11.0. The molecule has 33 heavy (non-hydrogen) atoms. The maximum Gasteiger partial charge on any atom is 0.311 e. The molecule has 8 heteroatoms. The molecule has 1 fully saturated rings. The van der Waals surface area contributed by atoms with E-state index in [1.807, 2.05) is 48.5 Å². The summed E-state index contributed by atoms with van der Waals surface area (Å²) in [5.74, 6) is -0.245. The highest BCUT2D eigenvalue weighted by atomic mass is 16.5. The number of likely N-dealkylation sites (tertiary alicyclic amines) is 1. The third-order valence-electron chi connectivity index (χ3n) is 5.59. The summed E-state index contributed by atoms with van der Waals surface area (Å²) in [6, 6.07) is 15.4. The average Bonchev–Trinajstić information content (AvgIpc) is 3.22. The van der Waals surface area contributed by atoms with Gasteiger partial charge in [0.2, 0.25) is 5.91 Å². The van der Waals surface area contributed by atoms with Crippen LogP contribution in [0, 0.1) is 5.92 Å². The van der Waals surface area contributed by atoms with E-state index in [4.69, 9.17) is 14.2 Å². The van der Waals surface area contributed by atoms with Crippen molar-refractivity contribution in [2.75, 3.05) is 40.5 Å². The highest BCUT2D eigenvalue weighted by molar-refractivity contribution is 5.88. The molecule has 1 aliphatic heterocycles. The molecule has 1 atom stereocenters. The molecule has 0 aromatic heterocycles. The normalized spacial score (nSPS) is 15.3. The van der Waals surface area contributed by atoms with Crippen LogP contribution in [-0.2, 0) is 32.0 Å². The van der Waals surface area contributed by atoms with Crippen molar-refractivity contribution >= 4 is 17.8 Å². The number of nitrogens with zero attached hydrogens (tertiary/aromatic N) is 1. The van der Waals surface area contributed by atoms with Gasteiger partial charge in [0, 0.05) is 26.1 Å². The predicted octanol–water partition coefficient (Wildman–Crippen LogP) is 2.00. The Hall–Kier alpha value is -3.55. The highest BCUT2D eigenvalue weighted by Gasteiger charge is 2.35. The number of carbonyl (C=O) groups excluding carboxylic acids is 3. The Bertz CT molecular complexity index is 963. The van der Waals surface area contributed by atoms with Crippen LogP contribution < -0.4 is 14.8 Å². The number of methoxy groups -OCH3 is 2. The zero-order chi connectivity index (χ0) is 23.6. The summed E-state index contributed by atoms with van der Waals surface area (Å²) in [4.78, 5) is 38.3. The summed E-state index contributed by atoms with van der Waals surface area (Å²) in [7, 11) is 3.15. The maximum absolute atomic E-state index is 12.4. The number of nitrogens with one attached hydrogen (secondary N) is 1. The largest absolute Gasteiger partial charge is 0.493 e. The molecular weight excluding hydrogens is 424 g/mol. The van der Waals surface area contributed by atoms with Crippen LogP contribution in [0.3, 0.4) is 0 Å². The summed E-state index contributed by atoms with van der Waals surface area (Å²) >= 11 is 0. The topological polar surface area (TPSA) is 94.2 Å². The van der Waals surface area contributed by atoms with Crippen molar-refractivity contribution in [3.63, 3.8) is 0 Å². The number of hydrogen-bond donors (Lipinski definition) is 1. The quantitative estimate of drug-likeness (QED) is 0.522. The lowest BCUT2D eigenvalue weighted by Gasteiger charge is -2.17. The van der Waals surface area contributed by atoms with E-state index in [0.717, 1.165) is 11.1 Å². The molecule has 2 aromatic rings. The Kier molecular flexibility index (Phi) is 8.69. The summed E-state index contributed by atoms with van der Waals surface area (Å²) in [5, 5.41) is 2.74. The van der Waals surface area contributed by atoms with Gasteiger partial charge in [0.05, 0.1) is 20.1 Å². The van der Waals surface area contributed by atoms with Gasteiger partial charge in [-0.2, -0.15) is 0 Å². The first kappa shape index (κ1) is 24.1. The molecule has 176 valence electrons. The minimum atomic E-state index is -0.556. The molecule has 1 aliphatic rings. The maximum atomic E-state index is 12.4. The van der Waals surface area contributed by atoms with Crippen LogP contribution in [0.1, 0.15) is 17.5 Å². The summed E-state index contributed by atoms with van der Waals surface area (Å²) in [6.07, 6.45) is 1.42. The molecule has 0 spiro atoms. The predicted molar refractivity (Wildman–Crippen MR) is 122 cm³/mol. The van der Waals surface area contributed by atoms with E-state index in [2.05, 4.69) is 5.32 Å². The highest BCUT2D eigenvalue weighted by Crippen LogP contribution is 2.28. The van der Waals surface area contributed by atoms with Crippen LogP contribution >= 0.6 is 0 Å². The van der Waals surface area contributed by atoms with E-state index < -0.39 is 11.9 Å². The van der Waals surface area contributed by atoms with Crippen molar-refractivity contribution in [1.82, 2.24) is 10.2 Å². The molecule has 1 saturated heterocycles. The summed E-state index contributed by atoms with van der Waals surface area (Å²) in [6.45, 7) is 0.898. The van der Waals surface area contributed by atoms with Gasteiger partial charge in [0.1, 0.15) is 0 Å². The van der Waals surface area contributed by atoms with Gasteiger partial charge < -0.3 is 24.4 Å². The molecule has 2 amide bonds. The number of carbonyl (C=O) groups is 3. The Balaban J connectivity index is 1.39. The minimum Gasteiger partial charge on any atom is -0.493 e. The van der Waals surface area contributed by atoms with Crippen LogP contribution in [-0.4, -0.2) is 63.1 Å². The Morgan fingerprint density at radius 1 is 1.00 bits per heavy atom. The lowest BCUT2D eigenvalue weighted by atomic mass is 10.1. The van der Waals surface area contributed by atoms with Gasteiger partial charge in [0.25, 0.3) is 5.91 Å². The van der Waals surface area contributed by atoms with Crippen LogP contribution in [0.15, 0.2) is 48.5 Å².